The van der Waals surface area contributed by atoms with Gasteiger partial charge < -0.3 is 0 Å². The van der Waals surface area contributed by atoms with E-state index in [1.54, 1.807) is 24.3 Å². The third-order valence-corrected chi connectivity index (χ3v) is 5.50. The van der Waals surface area contributed by atoms with Crippen molar-refractivity contribution in [2.24, 2.45) is 0 Å². The molecule has 112 valence electrons. The average molecular weight is 324 g/mol. The molecule has 0 heterocycles. The minimum Gasteiger partial charge on any atom is -0.267 e. The summed E-state index contributed by atoms with van der Waals surface area (Å²) in [5, 5.41) is 0. The van der Waals surface area contributed by atoms with Gasteiger partial charge >= 0.3 is 0 Å². The zero-order valence-electron chi connectivity index (χ0n) is 12.1. The van der Waals surface area contributed by atoms with Crippen LogP contribution in [0.2, 0.25) is 0 Å². The Labute approximate surface area is 131 Å². The van der Waals surface area contributed by atoms with Gasteiger partial charge in [-0.25, -0.2) is 8.42 Å². The van der Waals surface area contributed by atoms with Crippen LogP contribution in [0.4, 0.5) is 5.69 Å². The molecule has 0 aliphatic rings. The summed E-state index contributed by atoms with van der Waals surface area (Å²) in [4.78, 5) is 0.277. The molecule has 2 rings (SSSR count). The van der Waals surface area contributed by atoms with Crippen molar-refractivity contribution in [2.75, 3.05) is 10.8 Å². The number of benzene rings is 2. The molecule has 0 spiro atoms. The molecule has 0 bridgehead atoms. The molecule has 0 amide bonds. The lowest BCUT2D eigenvalue weighted by Crippen LogP contribution is -2.30. The second kappa shape index (κ2) is 6.50. The van der Waals surface area contributed by atoms with E-state index in [1.807, 2.05) is 38.1 Å². The molecule has 2 aromatic rings. The van der Waals surface area contributed by atoms with E-state index in [4.69, 9.17) is 11.6 Å². The van der Waals surface area contributed by atoms with Gasteiger partial charge in [0.25, 0.3) is 10.0 Å². The van der Waals surface area contributed by atoms with Crippen LogP contribution < -0.4 is 4.31 Å². The van der Waals surface area contributed by atoms with Crippen molar-refractivity contribution in [2.45, 2.75) is 24.6 Å². The van der Waals surface area contributed by atoms with Gasteiger partial charge in [0.1, 0.15) is 0 Å². The number of anilines is 1. The summed E-state index contributed by atoms with van der Waals surface area (Å²) >= 11 is 5.73. The third kappa shape index (κ3) is 3.39. The van der Waals surface area contributed by atoms with E-state index < -0.39 is 10.0 Å². The van der Waals surface area contributed by atoms with Crippen LogP contribution in [0.5, 0.6) is 0 Å². The molecular formula is C16H18ClNO2S. The van der Waals surface area contributed by atoms with Crippen LogP contribution in [-0.2, 0) is 15.9 Å². The first kappa shape index (κ1) is 15.9. The molecule has 0 aromatic heterocycles. The van der Waals surface area contributed by atoms with Gasteiger partial charge in [-0.2, -0.15) is 0 Å². The number of sulfonamides is 1. The lowest BCUT2D eigenvalue weighted by atomic mass is 10.2. The number of nitrogens with zero attached hydrogens (tertiary/aromatic N) is 1. The van der Waals surface area contributed by atoms with Crippen LogP contribution in [0.3, 0.4) is 0 Å². The Bertz CT molecular complexity index is 694. The van der Waals surface area contributed by atoms with Crippen LogP contribution in [0.1, 0.15) is 18.1 Å². The molecule has 0 aliphatic carbocycles. The second-order valence-corrected chi connectivity index (χ2v) is 6.91. The molecule has 0 aliphatic heterocycles. The van der Waals surface area contributed by atoms with Crippen molar-refractivity contribution in [3.05, 3.63) is 59.7 Å². The molecule has 0 atom stereocenters. The Morgan fingerprint density at radius 2 is 1.57 bits per heavy atom. The van der Waals surface area contributed by atoms with E-state index in [0.717, 1.165) is 11.1 Å². The summed E-state index contributed by atoms with van der Waals surface area (Å²) in [6.07, 6.45) is 0. The minimum atomic E-state index is -3.55. The zero-order chi connectivity index (χ0) is 15.5. The van der Waals surface area contributed by atoms with Crippen LogP contribution in [0.25, 0.3) is 0 Å². The Morgan fingerprint density at radius 1 is 1.00 bits per heavy atom. The summed E-state index contributed by atoms with van der Waals surface area (Å²) in [6, 6.07) is 14.1. The lowest BCUT2D eigenvalue weighted by molar-refractivity contribution is 0.592. The molecule has 21 heavy (non-hydrogen) atoms. The minimum absolute atomic E-state index is 0.277. The highest BCUT2D eigenvalue weighted by atomic mass is 35.5. The van der Waals surface area contributed by atoms with E-state index in [1.165, 1.54) is 4.31 Å². The number of halogens is 1. The van der Waals surface area contributed by atoms with Gasteiger partial charge in [0, 0.05) is 12.4 Å². The number of hydrogen-bond donors (Lipinski definition) is 0. The highest BCUT2D eigenvalue weighted by Crippen LogP contribution is 2.24. The summed E-state index contributed by atoms with van der Waals surface area (Å²) in [6.45, 7) is 4.17. The van der Waals surface area contributed by atoms with Crippen molar-refractivity contribution in [3.8, 4) is 0 Å². The Kier molecular flexibility index (Phi) is 4.91. The summed E-state index contributed by atoms with van der Waals surface area (Å²) in [5.41, 5.74) is 2.66. The molecule has 0 saturated heterocycles. The van der Waals surface area contributed by atoms with Gasteiger partial charge in [-0.3, -0.25) is 4.31 Å². The Balaban J connectivity index is 2.41. The van der Waals surface area contributed by atoms with Gasteiger partial charge in [-0.1, -0.05) is 29.8 Å². The molecule has 3 nitrogen and oxygen atoms in total. The maximum absolute atomic E-state index is 12.7. The fraction of sp³-hybridized carbons (Fsp3) is 0.250. The van der Waals surface area contributed by atoms with E-state index >= 15 is 0 Å². The van der Waals surface area contributed by atoms with Crippen molar-refractivity contribution in [1.82, 2.24) is 0 Å². The largest absolute Gasteiger partial charge is 0.267 e. The Morgan fingerprint density at radius 3 is 2.05 bits per heavy atom. The first-order valence-corrected chi connectivity index (χ1v) is 8.71. The van der Waals surface area contributed by atoms with Crippen molar-refractivity contribution in [3.63, 3.8) is 0 Å². The summed E-state index contributed by atoms with van der Waals surface area (Å²) < 4.78 is 26.9. The van der Waals surface area contributed by atoms with Crippen LogP contribution in [-0.4, -0.2) is 15.0 Å². The molecule has 0 fully saturated rings. The quantitative estimate of drug-likeness (QED) is 0.781. The normalized spacial score (nSPS) is 11.4. The molecule has 2 aromatic carbocycles. The first-order valence-electron chi connectivity index (χ1n) is 6.73. The topological polar surface area (TPSA) is 37.4 Å². The van der Waals surface area contributed by atoms with Crippen molar-refractivity contribution in [1.29, 1.82) is 0 Å². The number of alkyl halides is 1. The summed E-state index contributed by atoms with van der Waals surface area (Å²) in [5.74, 6) is 0.371. The van der Waals surface area contributed by atoms with Crippen LogP contribution in [0, 0.1) is 6.92 Å². The SMILES string of the molecule is CCN(c1ccc(C)cc1)S(=O)(=O)c1ccc(CCl)cc1. The monoisotopic (exact) mass is 323 g/mol. The maximum Gasteiger partial charge on any atom is 0.264 e. The van der Waals surface area contributed by atoms with E-state index in [0.29, 0.717) is 18.1 Å². The van der Waals surface area contributed by atoms with Gasteiger partial charge in [0.15, 0.2) is 0 Å². The average Bonchev–Trinajstić information content (AvgIpc) is 2.50. The lowest BCUT2D eigenvalue weighted by Gasteiger charge is -2.23. The molecule has 0 saturated carbocycles. The van der Waals surface area contributed by atoms with E-state index in [2.05, 4.69) is 0 Å². The summed E-state index contributed by atoms with van der Waals surface area (Å²) in [7, 11) is -3.55. The molecule has 0 unspecified atom stereocenters. The zero-order valence-corrected chi connectivity index (χ0v) is 13.7. The van der Waals surface area contributed by atoms with Gasteiger partial charge in [0.2, 0.25) is 0 Å². The van der Waals surface area contributed by atoms with Gasteiger partial charge in [-0.05, 0) is 43.7 Å². The van der Waals surface area contributed by atoms with Gasteiger partial charge in [-0.15, -0.1) is 11.6 Å². The van der Waals surface area contributed by atoms with Crippen molar-refractivity contribution >= 4 is 27.3 Å². The highest BCUT2D eigenvalue weighted by Gasteiger charge is 2.23. The highest BCUT2D eigenvalue weighted by molar-refractivity contribution is 7.92. The predicted molar refractivity (Wildman–Crippen MR) is 87.4 cm³/mol. The molecule has 0 N–H and O–H groups in total. The van der Waals surface area contributed by atoms with Crippen LogP contribution in [0.15, 0.2) is 53.4 Å². The third-order valence-electron chi connectivity index (χ3n) is 3.27. The van der Waals surface area contributed by atoms with Gasteiger partial charge in [0.05, 0.1) is 10.6 Å². The first-order chi connectivity index (χ1) is 9.98. The van der Waals surface area contributed by atoms with E-state index in [-0.39, 0.29) is 4.90 Å². The standard InChI is InChI=1S/C16H18ClNO2S/c1-3-18(15-8-4-13(2)5-9-15)21(19,20)16-10-6-14(12-17)7-11-16/h4-11H,3,12H2,1-2H3. The number of rotatable bonds is 5. The fourth-order valence-corrected chi connectivity index (χ4v) is 3.73. The van der Waals surface area contributed by atoms with Crippen molar-refractivity contribution < 1.29 is 8.42 Å². The smallest absolute Gasteiger partial charge is 0.264 e. The maximum atomic E-state index is 12.7. The fourth-order valence-electron chi connectivity index (χ4n) is 2.08. The predicted octanol–water partition coefficient (Wildman–Crippen LogP) is 3.95. The molecular weight excluding hydrogens is 306 g/mol. The number of aryl methyl sites for hydroxylation is 1. The van der Waals surface area contributed by atoms with Crippen LogP contribution >= 0.6 is 11.6 Å². The number of hydrogen-bond acceptors (Lipinski definition) is 2. The van der Waals surface area contributed by atoms with E-state index in [9.17, 15) is 8.42 Å². The molecule has 0 radical (unpaired) electrons. The Hall–Kier alpha value is -1.52. The second-order valence-electron chi connectivity index (χ2n) is 4.78. The molecule has 5 heteroatoms.